The van der Waals surface area contributed by atoms with E-state index in [2.05, 4.69) is 4.98 Å². The summed E-state index contributed by atoms with van der Waals surface area (Å²) in [5, 5.41) is 17.6. The van der Waals surface area contributed by atoms with Gasteiger partial charge in [0.1, 0.15) is 0 Å². The summed E-state index contributed by atoms with van der Waals surface area (Å²) in [5.41, 5.74) is 4.74. The first-order chi connectivity index (χ1) is 5.63. The second-order valence-corrected chi connectivity index (χ2v) is 3.26. The van der Waals surface area contributed by atoms with Gasteiger partial charge in [-0.25, -0.2) is 8.75 Å². The van der Waals surface area contributed by atoms with Crippen molar-refractivity contribution in [1.29, 1.82) is 0 Å². The van der Waals surface area contributed by atoms with E-state index >= 15 is 0 Å². The average molecular weight is 191 g/mol. The van der Waals surface area contributed by atoms with Crippen LogP contribution in [0, 0.1) is 0 Å². The fourth-order valence-corrected chi connectivity index (χ4v) is 1.40. The molecule has 0 unspecified atom stereocenters. The Bertz CT molecular complexity index is 307. The number of aromatic nitrogens is 2. The van der Waals surface area contributed by atoms with Crippen LogP contribution in [0.5, 0.6) is 0 Å². The molecule has 7 heteroatoms. The minimum atomic E-state index is -0.942. The van der Waals surface area contributed by atoms with E-state index < -0.39 is 11.8 Å². The van der Waals surface area contributed by atoms with Crippen LogP contribution in [-0.2, 0) is 6.54 Å². The molecule has 6 nitrogen and oxygen atoms in total. The molecule has 1 atom stereocenters. The second kappa shape index (κ2) is 3.65. The molecule has 0 aromatic carbocycles. The van der Waals surface area contributed by atoms with Gasteiger partial charge in [-0.15, -0.1) is 0 Å². The number of rotatable bonds is 3. The highest BCUT2D eigenvalue weighted by molar-refractivity contribution is 7.10. The molecule has 1 heterocycles. The summed E-state index contributed by atoms with van der Waals surface area (Å²) in [6.45, 7) is -0.353. The second-order valence-electron chi connectivity index (χ2n) is 2.22. The highest BCUT2D eigenvalue weighted by atomic mass is 32.1. The summed E-state index contributed by atoms with van der Waals surface area (Å²) < 4.78 is 1.19. The quantitative estimate of drug-likeness (QED) is 0.525. The van der Waals surface area contributed by atoms with Crippen LogP contribution in [0.15, 0.2) is 4.79 Å². The van der Waals surface area contributed by atoms with Gasteiger partial charge in [-0.2, -0.15) is 4.98 Å². The van der Waals surface area contributed by atoms with E-state index in [1.807, 2.05) is 0 Å². The Morgan fingerprint density at radius 3 is 2.83 bits per heavy atom. The summed E-state index contributed by atoms with van der Waals surface area (Å²) >= 11 is 0.958. The van der Waals surface area contributed by atoms with Gasteiger partial charge in [0.2, 0.25) is 5.13 Å². The van der Waals surface area contributed by atoms with E-state index in [1.165, 1.54) is 3.96 Å². The molecule has 0 saturated carbocycles. The maximum absolute atomic E-state index is 10.9. The van der Waals surface area contributed by atoms with Gasteiger partial charge < -0.3 is 15.9 Å². The normalized spacial score (nSPS) is 13.2. The number of hydrogen-bond donors (Lipinski definition) is 3. The van der Waals surface area contributed by atoms with Crippen LogP contribution in [-0.4, -0.2) is 31.9 Å². The predicted molar refractivity (Wildman–Crippen MR) is 43.9 cm³/mol. The third-order valence-corrected chi connectivity index (χ3v) is 2.01. The van der Waals surface area contributed by atoms with E-state index in [-0.39, 0.29) is 18.3 Å². The molecular weight excluding hydrogens is 182 g/mol. The molecule has 1 rings (SSSR count). The summed E-state index contributed by atoms with van der Waals surface area (Å²) in [6.07, 6.45) is -0.942. The lowest BCUT2D eigenvalue weighted by molar-refractivity contribution is 0.0827. The fraction of sp³-hybridized carbons (Fsp3) is 0.600. The first-order valence-corrected chi connectivity index (χ1v) is 4.03. The van der Waals surface area contributed by atoms with Crippen molar-refractivity contribution >= 4 is 16.7 Å². The number of aliphatic hydroxyl groups is 2. The highest BCUT2D eigenvalue weighted by Crippen LogP contribution is 2.02. The molecule has 0 bridgehead atoms. The van der Waals surface area contributed by atoms with Crippen LogP contribution >= 0.6 is 11.5 Å². The standard InChI is InChI=1S/C5H9N3O3S/c6-4-7-5(11)8(12-4)1-3(10)2-9/h3,9-10H,1-2H2,(H2,6,7,11)/t3-/m1/s1. The molecule has 0 amide bonds. The Morgan fingerprint density at radius 1 is 1.75 bits per heavy atom. The maximum atomic E-state index is 10.9. The molecular formula is C5H9N3O3S. The Kier molecular flexibility index (Phi) is 2.79. The van der Waals surface area contributed by atoms with Crippen molar-refractivity contribution in [3.05, 3.63) is 10.5 Å². The summed E-state index contributed by atoms with van der Waals surface area (Å²) in [7, 11) is 0. The molecule has 0 aliphatic heterocycles. The van der Waals surface area contributed by atoms with Gasteiger partial charge in [-0.3, -0.25) is 0 Å². The summed E-state index contributed by atoms with van der Waals surface area (Å²) in [4.78, 5) is 14.3. The Balaban J connectivity index is 2.75. The zero-order valence-corrected chi connectivity index (χ0v) is 6.99. The summed E-state index contributed by atoms with van der Waals surface area (Å²) in [5.74, 6) is 0. The third kappa shape index (κ3) is 2.03. The zero-order chi connectivity index (χ0) is 9.14. The Labute approximate surface area is 72.0 Å². The van der Waals surface area contributed by atoms with Crippen molar-refractivity contribution in [3.63, 3.8) is 0 Å². The lowest BCUT2D eigenvalue weighted by Crippen LogP contribution is -2.25. The van der Waals surface area contributed by atoms with Crippen molar-refractivity contribution in [3.8, 4) is 0 Å². The van der Waals surface area contributed by atoms with Crippen LogP contribution in [0.4, 0.5) is 5.13 Å². The van der Waals surface area contributed by atoms with Crippen LogP contribution < -0.4 is 11.4 Å². The van der Waals surface area contributed by atoms with Crippen molar-refractivity contribution in [2.75, 3.05) is 12.3 Å². The average Bonchev–Trinajstić information content (AvgIpc) is 2.30. The Hall–Kier alpha value is -0.920. The first kappa shape index (κ1) is 9.17. The number of nitrogens with two attached hydrogens (primary N) is 1. The lowest BCUT2D eigenvalue weighted by Gasteiger charge is -2.04. The molecule has 0 aliphatic rings. The van der Waals surface area contributed by atoms with E-state index in [9.17, 15) is 4.79 Å². The van der Waals surface area contributed by atoms with Crippen molar-refractivity contribution in [2.45, 2.75) is 12.6 Å². The number of nitrogens with zero attached hydrogens (tertiary/aromatic N) is 2. The highest BCUT2D eigenvalue weighted by Gasteiger charge is 2.07. The zero-order valence-electron chi connectivity index (χ0n) is 6.17. The monoisotopic (exact) mass is 191 g/mol. The van der Waals surface area contributed by atoms with Crippen LogP contribution in [0.1, 0.15) is 0 Å². The molecule has 0 saturated heterocycles. The minimum absolute atomic E-state index is 0.0319. The van der Waals surface area contributed by atoms with Gasteiger partial charge in [0.25, 0.3) is 0 Å². The molecule has 0 fully saturated rings. The lowest BCUT2D eigenvalue weighted by atomic mass is 10.4. The molecule has 0 aliphatic carbocycles. The molecule has 4 N–H and O–H groups in total. The molecule has 1 aromatic rings. The van der Waals surface area contributed by atoms with E-state index in [1.54, 1.807) is 0 Å². The molecule has 0 radical (unpaired) electrons. The minimum Gasteiger partial charge on any atom is -0.394 e. The van der Waals surface area contributed by atoms with Crippen LogP contribution in [0.2, 0.25) is 0 Å². The molecule has 12 heavy (non-hydrogen) atoms. The van der Waals surface area contributed by atoms with Gasteiger partial charge in [-0.1, -0.05) is 0 Å². The smallest absolute Gasteiger partial charge is 0.359 e. The van der Waals surface area contributed by atoms with Crippen LogP contribution in [0.25, 0.3) is 0 Å². The first-order valence-electron chi connectivity index (χ1n) is 3.26. The van der Waals surface area contributed by atoms with Crippen molar-refractivity contribution in [1.82, 2.24) is 8.94 Å². The largest absolute Gasteiger partial charge is 0.394 e. The molecule has 1 aromatic heterocycles. The van der Waals surface area contributed by atoms with Gasteiger partial charge in [-0.05, 0) is 11.5 Å². The topological polar surface area (TPSA) is 101 Å². The predicted octanol–water partition coefficient (Wildman–Crippen LogP) is -1.76. The van der Waals surface area contributed by atoms with Crippen LogP contribution in [0.3, 0.4) is 0 Å². The summed E-state index contributed by atoms with van der Waals surface area (Å²) in [6, 6.07) is 0. The van der Waals surface area contributed by atoms with E-state index in [0.717, 1.165) is 11.5 Å². The number of hydrogen-bond acceptors (Lipinski definition) is 6. The SMILES string of the molecule is Nc1nc(=O)n(C[C@@H](O)CO)s1. The van der Waals surface area contributed by atoms with Gasteiger partial charge in [0.05, 0.1) is 19.3 Å². The molecule has 68 valence electrons. The number of aliphatic hydroxyl groups excluding tert-OH is 2. The van der Waals surface area contributed by atoms with Crippen molar-refractivity contribution in [2.24, 2.45) is 0 Å². The van der Waals surface area contributed by atoms with Gasteiger partial charge >= 0.3 is 5.69 Å². The fourth-order valence-electron chi connectivity index (χ4n) is 0.687. The van der Waals surface area contributed by atoms with Gasteiger partial charge in [0, 0.05) is 0 Å². The third-order valence-electron chi connectivity index (χ3n) is 1.21. The van der Waals surface area contributed by atoms with E-state index in [4.69, 9.17) is 15.9 Å². The van der Waals surface area contributed by atoms with Crippen molar-refractivity contribution < 1.29 is 10.2 Å². The maximum Gasteiger partial charge on any atom is 0.359 e. The molecule has 0 spiro atoms. The number of anilines is 1. The van der Waals surface area contributed by atoms with Gasteiger partial charge in [0.15, 0.2) is 0 Å². The Morgan fingerprint density at radius 2 is 2.42 bits per heavy atom. The number of nitrogen functional groups attached to an aromatic ring is 1. The van der Waals surface area contributed by atoms with E-state index in [0.29, 0.717) is 0 Å².